The molecule has 0 spiro atoms. The largest absolute Gasteiger partial charge is 0.492 e. The molecule has 0 aliphatic carbocycles. The number of non-ortho nitro benzene ring substituents is 1. The fourth-order valence-corrected chi connectivity index (χ4v) is 2.32. The van der Waals surface area contributed by atoms with E-state index in [-0.39, 0.29) is 11.5 Å². The van der Waals surface area contributed by atoms with E-state index < -0.39 is 37.8 Å². The first kappa shape index (κ1) is 15.4. The third-order valence-electron chi connectivity index (χ3n) is 2.02. The second-order valence-corrected chi connectivity index (χ2v) is 5.74. The molecule has 106 valence electrons. The molecule has 19 heavy (non-hydrogen) atoms. The molecule has 0 aliphatic heterocycles. The van der Waals surface area contributed by atoms with Gasteiger partial charge in [0, 0.05) is 16.7 Å². The number of rotatable bonds is 6. The van der Waals surface area contributed by atoms with Crippen LogP contribution >= 0.6 is 10.7 Å². The molecule has 0 radical (unpaired) electrons. The molecule has 7 nitrogen and oxygen atoms in total. The third-order valence-corrected chi connectivity index (χ3v) is 3.35. The van der Waals surface area contributed by atoms with Crippen LogP contribution in [0.3, 0.4) is 0 Å². The Morgan fingerprint density at radius 2 is 2.11 bits per heavy atom. The molecule has 0 aromatic heterocycles. The summed E-state index contributed by atoms with van der Waals surface area (Å²) in [5.74, 6) is -0.581. The summed E-state index contributed by atoms with van der Waals surface area (Å²) in [6.45, 7) is -1.26. The minimum atomic E-state index is -4.28. The number of nitrogens with zero attached hydrogens (tertiary/aromatic N) is 1. The van der Waals surface area contributed by atoms with Gasteiger partial charge in [-0.25, -0.2) is 12.8 Å². The van der Waals surface area contributed by atoms with Gasteiger partial charge in [0.15, 0.2) is 11.5 Å². The van der Waals surface area contributed by atoms with E-state index in [2.05, 4.69) is 0 Å². The van der Waals surface area contributed by atoms with Gasteiger partial charge in [-0.05, 0) is 0 Å². The summed E-state index contributed by atoms with van der Waals surface area (Å²) in [6, 6.07) is 1.67. The maximum absolute atomic E-state index is 12.1. The Hall–Kier alpha value is -1.61. The van der Waals surface area contributed by atoms with Crippen molar-refractivity contribution in [2.24, 2.45) is 0 Å². The van der Waals surface area contributed by atoms with Gasteiger partial charge in [0.05, 0.1) is 18.1 Å². The first-order valence-electron chi connectivity index (χ1n) is 4.81. The Morgan fingerprint density at radius 1 is 1.47 bits per heavy atom. The first-order chi connectivity index (χ1) is 8.81. The highest BCUT2D eigenvalue weighted by molar-refractivity contribution is 8.13. The van der Waals surface area contributed by atoms with Crippen molar-refractivity contribution < 1.29 is 27.2 Å². The molecule has 0 unspecified atom stereocenters. The molecule has 0 N–H and O–H groups in total. The van der Waals surface area contributed by atoms with Crippen LogP contribution in [0.2, 0.25) is 0 Å². The predicted octanol–water partition coefficient (Wildman–Crippen LogP) is 1.88. The highest BCUT2D eigenvalue weighted by Crippen LogP contribution is 2.39. The lowest BCUT2D eigenvalue weighted by molar-refractivity contribution is -0.385. The van der Waals surface area contributed by atoms with Gasteiger partial charge in [-0.1, -0.05) is 0 Å². The molecular weight excluding hydrogens is 305 g/mol. The van der Waals surface area contributed by atoms with Gasteiger partial charge in [-0.15, -0.1) is 0 Å². The summed E-state index contributed by atoms with van der Waals surface area (Å²) >= 11 is 0. The number of methoxy groups -OCH3 is 1. The number of hydrogen-bond acceptors (Lipinski definition) is 6. The Labute approximate surface area is 112 Å². The summed E-state index contributed by atoms with van der Waals surface area (Å²) < 4.78 is 44.4. The number of ether oxygens (including phenoxy) is 2. The average molecular weight is 314 g/mol. The van der Waals surface area contributed by atoms with Crippen LogP contribution in [0.1, 0.15) is 0 Å². The number of nitro groups is 1. The zero-order valence-electron chi connectivity index (χ0n) is 9.63. The molecular formula is C9H9ClFNO6S. The van der Waals surface area contributed by atoms with Crippen molar-refractivity contribution in [1.82, 2.24) is 0 Å². The molecule has 0 atom stereocenters. The maximum Gasteiger partial charge on any atom is 0.274 e. The van der Waals surface area contributed by atoms with Crippen molar-refractivity contribution in [2.45, 2.75) is 4.90 Å². The molecule has 0 saturated carbocycles. The van der Waals surface area contributed by atoms with E-state index >= 15 is 0 Å². The molecule has 0 fully saturated rings. The maximum atomic E-state index is 12.1. The van der Waals surface area contributed by atoms with Crippen molar-refractivity contribution in [3.05, 3.63) is 22.2 Å². The standard InChI is InChI=1S/C9H9ClFNO6S/c1-17-9-7(18-3-2-11)4-6(12(13)14)5-8(9)19(10,15)16/h4-5H,2-3H2,1H3. The lowest BCUT2D eigenvalue weighted by atomic mass is 10.3. The smallest absolute Gasteiger partial charge is 0.274 e. The van der Waals surface area contributed by atoms with E-state index in [1.165, 1.54) is 0 Å². The fourth-order valence-electron chi connectivity index (χ4n) is 1.31. The number of hydrogen-bond donors (Lipinski definition) is 0. The van der Waals surface area contributed by atoms with E-state index in [0.717, 1.165) is 19.2 Å². The van der Waals surface area contributed by atoms with E-state index in [1.54, 1.807) is 0 Å². The van der Waals surface area contributed by atoms with E-state index in [0.29, 0.717) is 0 Å². The van der Waals surface area contributed by atoms with Crippen LogP contribution < -0.4 is 9.47 Å². The van der Waals surface area contributed by atoms with Gasteiger partial charge in [0.2, 0.25) is 0 Å². The highest BCUT2D eigenvalue weighted by Gasteiger charge is 2.26. The minimum absolute atomic E-state index is 0.270. The van der Waals surface area contributed by atoms with E-state index in [1.807, 2.05) is 0 Å². The molecule has 0 bridgehead atoms. The zero-order chi connectivity index (χ0) is 14.6. The van der Waals surface area contributed by atoms with Crippen LogP contribution in [0, 0.1) is 10.1 Å². The van der Waals surface area contributed by atoms with Crippen LogP contribution in [-0.2, 0) is 9.05 Å². The fraction of sp³-hybridized carbons (Fsp3) is 0.333. The normalized spacial score (nSPS) is 11.1. The van der Waals surface area contributed by atoms with Crippen molar-refractivity contribution in [3.63, 3.8) is 0 Å². The van der Waals surface area contributed by atoms with Crippen molar-refractivity contribution >= 4 is 25.4 Å². The Bertz CT molecular complexity index is 591. The molecule has 1 aromatic rings. The first-order valence-corrected chi connectivity index (χ1v) is 7.12. The van der Waals surface area contributed by atoms with Crippen LogP contribution in [0.15, 0.2) is 17.0 Å². The molecule has 1 rings (SSSR count). The number of benzene rings is 1. The SMILES string of the molecule is COc1c(OCCF)cc([N+](=O)[O-])cc1S(=O)(=O)Cl. The van der Waals surface area contributed by atoms with Gasteiger partial charge in [-0.2, -0.15) is 0 Å². The van der Waals surface area contributed by atoms with Gasteiger partial charge >= 0.3 is 0 Å². The average Bonchev–Trinajstić information content (AvgIpc) is 2.33. The molecule has 1 aromatic carbocycles. The topological polar surface area (TPSA) is 95.7 Å². The summed E-state index contributed by atoms with van der Waals surface area (Å²) in [5, 5.41) is 10.7. The monoisotopic (exact) mass is 313 g/mol. The van der Waals surface area contributed by atoms with Crippen LogP contribution in [-0.4, -0.2) is 33.7 Å². The molecule has 0 heterocycles. The second kappa shape index (κ2) is 6.02. The van der Waals surface area contributed by atoms with Crippen molar-refractivity contribution in [2.75, 3.05) is 20.4 Å². The van der Waals surface area contributed by atoms with Gasteiger partial charge < -0.3 is 9.47 Å². The Morgan fingerprint density at radius 3 is 2.53 bits per heavy atom. The van der Waals surface area contributed by atoms with Gasteiger partial charge in [-0.3, -0.25) is 10.1 Å². The van der Waals surface area contributed by atoms with E-state index in [9.17, 15) is 22.9 Å². The summed E-state index contributed by atoms with van der Waals surface area (Å²) in [6.07, 6.45) is 0. The number of halogens is 2. The van der Waals surface area contributed by atoms with Crippen molar-refractivity contribution in [1.29, 1.82) is 0 Å². The summed E-state index contributed by atoms with van der Waals surface area (Å²) in [5.41, 5.74) is -0.561. The van der Waals surface area contributed by atoms with Crippen molar-refractivity contribution in [3.8, 4) is 11.5 Å². The quantitative estimate of drug-likeness (QED) is 0.452. The predicted molar refractivity (Wildman–Crippen MR) is 64.2 cm³/mol. The lowest BCUT2D eigenvalue weighted by Crippen LogP contribution is -2.05. The number of alkyl halides is 1. The van der Waals surface area contributed by atoms with Gasteiger partial charge in [0.25, 0.3) is 14.7 Å². The van der Waals surface area contributed by atoms with E-state index in [4.69, 9.17) is 20.2 Å². The summed E-state index contributed by atoms with van der Waals surface area (Å²) in [7, 11) is 2.02. The lowest BCUT2D eigenvalue weighted by Gasteiger charge is -2.12. The minimum Gasteiger partial charge on any atom is -0.492 e. The molecule has 0 aliphatic rings. The Kier molecular flexibility index (Phi) is 4.90. The highest BCUT2D eigenvalue weighted by atomic mass is 35.7. The molecule has 10 heteroatoms. The third kappa shape index (κ3) is 3.67. The van der Waals surface area contributed by atoms with Gasteiger partial charge in [0.1, 0.15) is 18.2 Å². The summed E-state index contributed by atoms with van der Waals surface area (Å²) in [4.78, 5) is 9.27. The molecule has 0 amide bonds. The Balaban J connectivity index is 3.51. The molecule has 0 saturated heterocycles. The zero-order valence-corrected chi connectivity index (χ0v) is 11.2. The second-order valence-electron chi connectivity index (χ2n) is 3.21. The van der Waals surface area contributed by atoms with Crippen LogP contribution in [0.25, 0.3) is 0 Å². The van der Waals surface area contributed by atoms with Crippen LogP contribution in [0.5, 0.6) is 11.5 Å². The van der Waals surface area contributed by atoms with Crippen LogP contribution in [0.4, 0.5) is 10.1 Å². The number of nitro benzene ring substituents is 1.